The minimum Gasteiger partial charge on any atom is -0.273 e. The molecule has 3 rings (SSSR count). The van der Waals surface area contributed by atoms with Gasteiger partial charge in [-0.15, -0.1) is 0 Å². The van der Waals surface area contributed by atoms with Gasteiger partial charge in [-0.2, -0.15) is 5.10 Å². The molecule has 0 aromatic heterocycles. The quantitative estimate of drug-likeness (QED) is 0.822. The highest BCUT2D eigenvalue weighted by molar-refractivity contribution is 6.01. The zero-order valence-electron chi connectivity index (χ0n) is 13.2. The van der Waals surface area contributed by atoms with Crippen LogP contribution in [0.5, 0.6) is 0 Å². The van der Waals surface area contributed by atoms with E-state index in [-0.39, 0.29) is 11.9 Å². The summed E-state index contributed by atoms with van der Waals surface area (Å²) in [6.07, 6.45) is 5.26. The van der Waals surface area contributed by atoms with Gasteiger partial charge in [0.25, 0.3) is 0 Å². The van der Waals surface area contributed by atoms with Gasteiger partial charge in [0.15, 0.2) is 0 Å². The number of carbonyl (C=O) groups is 1. The number of hydrogen-bond acceptors (Lipinski definition) is 2. The third-order valence-corrected chi connectivity index (χ3v) is 3.94. The molecule has 0 spiro atoms. The normalized spacial score (nSPS) is 17.5. The van der Waals surface area contributed by atoms with Crippen LogP contribution in [0.2, 0.25) is 0 Å². The average molecular weight is 304 g/mol. The Morgan fingerprint density at radius 3 is 2.39 bits per heavy atom. The summed E-state index contributed by atoms with van der Waals surface area (Å²) in [7, 11) is 0. The van der Waals surface area contributed by atoms with Crippen LogP contribution in [-0.2, 0) is 4.79 Å². The van der Waals surface area contributed by atoms with Crippen molar-refractivity contribution in [3.63, 3.8) is 0 Å². The summed E-state index contributed by atoms with van der Waals surface area (Å²) in [6.45, 7) is 1.87. The lowest BCUT2D eigenvalue weighted by Crippen LogP contribution is -2.26. The molecular formula is C20H20N2O. The van der Waals surface area contributed by atoms with Crippen LogP contribution >= 0.6 is 0 Å². The lowest BCUT2D eigenvalue weighted by molar-refractivity contribution is -0.132. The molecule has 1 atom stereocenters. The summed E-state index contributed by atoms with van der Waals surface area (Å²) in [6, 6.07) is 20.2. The van der Waals surface area contributed by atoms with E-state index in [1.807, 2.05) is 55.5 Å². The number of hydrogen-bond donors (Lipinski definition) is 0. The van der Waals surface area contributed by atoms with Gasteiger partial charge in [-0.05, 0) is 17.2 Å². The number of nitrogens with zero attached hydrogens (tertiary/aromatic N) is 2. The maximum Gasteiger partial charge on any atom is 0.242 e. The Morgan fingerprint density at radius 2 is 1.74 bits per heavy atom. The number of carbonyl (C=O) groups excluding carboxylic acids is 1. The number of amides is 1. The molecule has 2 aromatic carbocycles. The van der Waals surface area contributed by atoms with Gasteiger partial charge < -0.3 is 0 Å². The lowest BCUT2D eigenvalue weighted by atomic mass is 10.0. The Balaban J connectivity index is 1.82. The van der Waals surface area contributed by atoms with E-state index in [0.29, 0.717) is 6.42 Å². The van der Waals surface area contributed by atoms with Crippen LogP contribution in [0, 0.1) is 0 Å². The van der Waals surface area contributed by atoms with Crippen LogP contribution in [0.4, 0.5) is 0 Å². The van der Waals surface area contributed by atoms with Gasteiger partial charge in [0.2, 0.25) is 5.91 Å². The predicted octanol–water partition coefficient (Wildman–Crippen LogP) is 4.44. The summed E-state index contributed by atoms with van der Waals surface area (Å²) in [4.78, 5) is 12.2. The molecule has 1 amide bonds. The van der Waals surface area contributed by atoms with E-state index >= 15 is 0 Å². The van der Waals surface area contributed by atoms with Crippen molar-refractivity contribution in [2.24, 2.45) is 5.10 Å². The van der Waals surface area contributed by atoms with Gasteiger partial charge in [0, 0.05) is 12.8 Å². The van der Waals surface area contributed by atoms with Crippen molar-refractivity contribution in [2.45, 2.75) is 25.8 Å². The Kier molecular flexibility index (Phi) is 4.67. The lowest BCUT2D eigenvalue weighted by Gasteiger charge is -2.21. The third kappa shape index (κ3) is 3.57. The summed E-state index contributed by atoms with van der Waals surface area (Å²) in [5, 5.41) is 6.18. The van der Waals surface area contributed by atoms with Gasteiger partial charge in [0.05, 0.1) is 11.8 Å². The molecule has 0 N–H and O–H groups in total. The van der Waals surface area contributed by atoms with E-state index in [4.69, 9.17) is 0 Å². The Labute approximate surface area is 136 Å². The average Bonchev–Trinajstić information content (AvgIpc) is 3.05. The van der Waals surface area contributed by atoms with Gasteiger partial charge in [0.1, 0.15) is 0 Å². The number of benzene rings is 2. The van der Waals surface area contributed by atoms with Crippen LogP contribution in [0.25, 0.3) is 6.08 Å². The molecule has 0 aliphatic carbocycles. The van der Waals surface area contributed by atoms with Crippen LogP contribution < -0.4 is 0 Å². The standard InChI is InChI=1S/C20H20N2O/c1-2-20(23)22-19(17-11-7-4-8-12-17)15-18(21-22)14-13-16-9-5-3-6-10-16/h3-14,19H,2,15H2,1H3/b14-13+/t19-/m0/s1. The molecule has 0 fully saturated rings. The Bertz CT molecular complexity index is 720. The molecule has 1 aliphatic rings. The highest BCUT2D eigenvalue weighted by Crippen LogP contribution is 2.31. The van der Waals surface area contributed by atoms with E-state index in [0.717, 1.165) is 23.3 Å². The summed E-state index contributed by atoms with van der Waals surface area (Å²) in [5.74, 6) is 0.0574. The van der Waals surface area contributed by atoms with Crippen molar-refractivity contribution in [2.75, 3.05) is 0 Å². The summed E-state index contributed by atoms with van der Waals surface area (Å²) in [5.41, 5.74) is 3.19. The molecule has 0 bridgehead atoms. The number of allylic oxidation sites excluding steroid dienone is 1. The molecule has 0 radical (unpaired) electrons. The van der Waals surface area contributed by atoms with Crippen LogP contribution in [-0.4, -0.2) is 16.6 Å². The molecule has 0 saturated heterocycles. The monoisotopic (exact) mass is 304 g/mol. The maximum absolute atomic E-state index is 12.2. The molecular weight excluding hydrogens is 284 g/mol. The smallest absolute Gasteiger partial charge is 0.242 e. The Hall–Kier alpha value is -2.68. The maximum atomic E-state index is 12.2. The van der Waals surface area contributed by atoms with Crippen molar-refractivity contribution in [3.8, 4) is 0 Å². The zero-order valence-corrected chi connectivity index (χ0v) is 13.2. The second kappa shape index (κ2) is 7.05. The first kappa shape index (κ1) is 15.2. The van der Waals surface area contributed by atoms with Crippen LogP contribution in [0.1, 0.15) is 36.9 Å². The largest absolute Gasteiger partial charge is 0.273 e. The highest BCUT2D eigenvalue weighted by atomic mass is 16.2. The van der Waals surface area contributed by atoms with Gasteiger partial charge in [-0.25, -0.2) is 5.01 Å². The molecule has 2 aromatic rings. The van der Waals surface area contributed by atoms with Crippen molar-refractivity contribution < 1.29 is 4.79 Å². The molecule has 1 aliphatic heterocycles. The second-order valence-electron chi connectivity index (χ2n) is 5.56. The fourth-order valence-electron chi connectivity index (χ4n) is 2.72. The van der Waals surface area contributed by atoms with Crippen molar-refractivity contribution in [3.05, 3.63) is 77.9 Å². The topological polar surface area (TPSA) is 32.7 Å². The number of rotatable bonds is 4. The summed E-state index contributed by atoms with van der Waals surface area (Å²) < 4.78 is 0. The third-order valence-electron chi connectivity index (χ3n) is 3.94. The minimum absolute atomic E-state index is 0.000858. The first-order valence-corrected chi connectivity index (χ1v) is 7.95. The minimum atomic E-state index is -0.000858. The van der Waals surface area contributed by atoms with Gasteiger partial charge >= 0.3 is 0 Å². The van der Waals surface area contributed by atoms with E-state index in [2.05, 4.69) is 29.4 Å². The fraction of sp³-hybridized carbons (Fsp3) is 0.200. The van der Waals surface area contributed by atoms with E-state index < -0.39 is 0 Å². The van der Waals surface area contributed by atoms with Crippen molar-refractivity contribution in [1.82, 2.24) is 5.01 Å². The van der Waals surface area contributed by atoms with E-state index in [1.54, 1.807) is 5.01 Å². The second-order valence-corrected chi connectivity index (χ2v) is 5.56. The van der Waals surface area contributed by atoms with E-state index in [9.17, 15) is 4.79 Å². The molecule has 3 nitrogen and oxygen atoms in total. The molecule has 0 unspecified atom stereocenters. The fourth-order valence-corrected chi connectivity index (χ4v) is 2.72. The van der Waals surface area contributed by atoms with Crippen molar-refractivity contribution >= 4 is 17.7 Å². The molecule has 1 heterocycles. The highest BCUT2D eigenvalue weighted by Gasteiger charge is 2.30. The first-order valence-electron chi connectivity index (χ1n) is 7.95. The molecule has 3 heteroatoms. The first-order chi connectivity index (χ1) is 11.3. The van der Waals surface area contributed by atoms with Gasteiger partial charge in [-0.1, -0.05) is 73.7 Å². The van der Waals surface area contributed by atoms with Gasteiger partial charge in [-0.3, -0.25) is 4.79 Å². The predicted molar refractivity (Wildman–Crippen MR) is 93.8 cm³/mol. The van der Waals surface area contributed by atoms with Crippen LogP contribution in [0.15, 0.2) is 71.8 Å². The van der Waals surface area contributed by atoms with Crippen LogP contribution in [0.3, 0.4) is 0 Å². The Morgan fingerprint density at radius 1 is 1.09 bits per heavy atom. The summed E-state index contributed by atoms with van der Waals surface area (Å²) >= 11 is 0. The molecule has 0 saturated carbocycles. The molecule has 23 heavy (non-hydrogen) atoms. The van der Waals surface area contributed by atoms with E-state index in [1.165, 1.54) is 0 Å². The zero-order chi connectivity index (χ0) is 16.1. The van der Waals surface area contributed by atoms with Crippen molar-refractivity contribution in [1.29, 1.82) is 0 Å². The molecule has 116 valence electrons. The number of hydrazone groups is 1. The SMILES string of the molecule is CCC(=O)N1N=C(/C=C/c2ccccc2)C[C@H]1c1ccccc1.